The van der Waals surface area contributed by atoms with Gasteiger partial charge in [0.15, 0.2) is 11.6 Å². The molecule has 0 aliphatic heterocycles. The first kappa shape index (κ1) is 22.3. The molecule has 4 rings (SSSR count). The number of anilines is 1. The van der Waals surface area contributed by atoms with Crippen molar-refractivity contribution in [2.75, 3.05) is 19.5 Å². The molecule has 0 unspecified atom stereocenters. The number of hydrogen-bond acceptors (Lipinski definition) is 6. The first-order valence-corrected chi connectivity index (χ1v) is 9.70. The summed E-state index contributed by atoms with van der Waals surface area (Å²) in [7, 11) is 2.80. The van der Waals surface area contributed by atoms with Gasteiger partial charge >= 0.3 is 6.18 Å². The van der Waals surface area contributed by atoms with Crippen LogP contribution in [0.4, 0.5) is 19.0 Å². The summed E-state index contributed by atoms with van der Waals surface area (Å²) in [4.78, 5) is 24.4. The maximum absolute atomic E-state index is 13.7. The van der Waals surface area contributed by atoms with Gasteiger partial charge in [-0.25, -0.2) is 15.0 Å². The van der Waals surface area contributed by atoms with Crippen molar-refractivity contribution in [1.82, 2.24) is 19.5 Å². The summed E-state index contributed by atoms with van der Waals surface area (Å²) in [5, 5.41) is 2.84. The van der Waals surface area contributed by atoms with E-state index in [2.05, 4.69) is 20.3 Å². The second-order valence-electron chi connectivity index (χ2n) is 6.68. The van der Waals surface area contributed by atoms with Gasteiger partial charge in [0.2, 0.25) is 5.82 Å². The van der Waals surface area contributed by atoms with Crippen LogP contribution >= 0.6 is 11.6 Å². The van der Waals surface area contributed by atoms with Crippen molar-refractivity contribution in [2.24, 2.45) is 0 Å². The molecule has 0 fully saturated rings. The molecule has 0 spiro atoms. The summed E-state index contributed by atoms with van der Waals surface area (Å²) in [5.74, 6) is -1.20. The number of carbonyl (C=O) groups is 1. The highest BCUT2D eigenvalue weighted by Crippen LogP contribution is 2.34. The van der Waals surface area contributed by atoms with Gasteiger partial charge in [0.25, 0.3) is 5.91 Å². The highest BCUT2D eigenvalue weighted by atomic mass is 35.5. The van der Waals surface area contributed by atoms with Crippen molar-refractivity contribution >= 4 is 34.4 Å². The van der Waals surface area contributed by atoms with E-state index < -0.39 is 17.9 Å². The number of hydrogen-bond donors (Lipinski definition) is 1. The SMILES string of the molecule is COc1ccc2c(c1)nc(C(F)(F)F)n2-c1cnc(NC(=O)c2cc(Cl)ccc2OC)cn1. The third-order valence-corrected chi connectivity index (χ3v) is 4.87. The van der Waals surface area contributed by atoms with Crippen LogP contribution in [-0.2, 0) is 6.18 Å². The minimum atomic E-state index is -4.75. The predicted octanol–water partition coefficient (Wildman–Crippen LogP) is 4.76. The number of ether oxygens (including phenoxy) is 2. The normalized spacial score (nSPS) is 11.5. The van der Waals surface area contributed by atoms with Crippen LogP contribution in [0.5, 0.6) is 11.5 Å². The summed E-state index contributed by atoms with van der Waals surface area (Å²) in [6, 6.07) is 8.86. The van der Waals surface area contributed by atoms with Gasteiger partial charge in [-0.1, -0.05) is 11.6 Å². The van der Waals surface area contributed by atoms with Gasteiger partial charge in [0.05, 0.1) is 43.2 Å². The molecule has 1 amide bonds. The molecule has 2 aromatic carbocycles. The third-order valence-electron chi connectivity index (χ3n) is 4.63. The number of methoxy groups -OCH3 is 2. The number of carbonyl (C=O) groups excluding carboxylic acids is 1. The average Bonchev–Trinajstić information content (AvgIpc) is 3.19. The lowest BCUT2D eigenvalue weighted by molar-refractivity contribution is -0.145. The third kappa shape index (κ3) is 4.40. The molecule has 33 heavy (non-hydrogen) atoms. The van der Waals surface area contributed by atoms with Crippen LogP contribution in [0, 0.1) is 0 Å². The lowest BCUT2D eigenvalue weighted by Crippen LogP contribution is -2.16. The molecule has 170 valence electrons. The van der Waals surface area contributed by atoms with Crippen LogP contribution in [0.2, 0.25) is 5.02 Å². The molecule has 2 aromatic heterocycles. The maximum atomic E-state index is 13.7. The molecule has 1 N–H and O–H groups in total. The molecule has 0 radical (unpaired) electrons. The van der Waals surface area contributed by atoms with E-state index in [4.69, 9.17) is 21.1 Å². The summed E-state index contributed by atoms with van der Waals surface area (Å²) < 4.78 is 52.0. The lowest BCUT2D eigenvalue weighted by atomic mass is 10.2. The number of alkyl halides is 3. The highest BCUT2D eigenvalue weighted by Gasteiger charge is 2.38. The fraction of sp³-hybridized carbons (Fsp3) is 0.143. The Bertz CT molecular complexity index is 1340. The van der Waals surface area contributed by atoms with Crippen LogP contribution < -0.4 is 14.8 Å². The van der Waals surface area contributed by atoms with Crippen LogP contribution in [-0.4, -0.2) is 39.6 Å². The fourth-order valence-electron chi connectivity index (χ4n) is 3.15. The molecule has 0 atom stereocenters. The molecule has 2 heterocycles. The van der Waals surface area contributed by atoms with Crippen LogP contribution in [0.15, 0.2) is 48.8 Å². The predicted molar refractivity (Wildman–Crippen MR) is 114 cm³/mol. The van der Waals surface area contributed by atoms with Gasteiger partial charge in [0.1, 0.15) is 11.5 Å². The summed E-state index contributed by atoms with van der Waals surface area (Å²) in [6.45, 7) is 0. The van der Waals surface area contributed by atoms with Crippen LogP contribution in [0.1, 0.15) is 16.2 Å². The van der Waals surface area contributed by atoms with E-state index in [1.807, 2.05) is 0 Å². The van der Waals surface area contributed by atoms with Gasteiger partial charge in [-0.2, -0.15) is 13.2 Å². The van der Waals surface area contributed by atoms with E-state index in [-0.39, 0.29) is 34.0 Å². The molecule has 8 nitrogen and oxygen atoms in total. The first-order valence-electron chi connectivity index (χ1n) is 9.32. The van der Waals surface area contributed by atoms with Crippen molar-refractivity contribution in [3.8, 4) is 17.3 Å². The maximum Gasteiger partial charge on any atom is 0.450 e. The van der Waals surface area contributed by atoms with E-state index in [1.165, 1.54) is 44.6 Å². The standard InChI is InChI=1S/C21H15ClF3N5O3/c1-32-12-4-5-15-14(8-12)28-20(21(23,24)25)30(15)18-10-26-17(9-27-18)29-19(31)13-7-11(22)3-6-16(13)33-2/h3-10H,1-2H3,(H,26,29,31). The highest BCUT2D eigenvalue weighted by molar-refractivity contribution is 6.31. The molecular weight excluding hydrogens is 463 g/mol. The Morgan fingerprint density at radius 2 is 1.85 bits per heavy atom. The van der Waals surface area contributed by atoms with Gasteiger partial charge in [-0.3, -0.25) is 9.36 Å². The molecule has 0 bridgehead atoms. The minimum absolute atomic E-state index is 0.0189. The molecular formula is C21H15ClF3N5O3. The zero-order chi connectivity index (χ0) is 23.8. The van der Waals surface area contributed by atoms with Gasteiger partial charge in [-0.05, 0) is 30.3 Å². The summed E-state index contributed by atoms with van der Waals surface area (Å²) in [5.41, 5.74) is 0.400. The van der Waals surface area contributed by atoms with Gasteiger partial charge < -0.3 is 14.8 Å². The van der Waals surface area contributed by atoms with Crippen molar-refractivity contribution in [1.29, 1.82) is 0 Å². The van der Waals surface area contributed by atoms with Crippen molar-refractivity contribution in [3.05, 3.63) is 65.2 Å². The number of nitrogens with zero attached hydrogens (tertiary/aromatic N) is 4. The average molecular weight is 478 g/mol. The molecule has 4 aromatic rings. The Morgan fingerprint density at radius 1 is 1.06 bits per heavy atom. The smallest absolute Gasteiger partial charge is 0.450 e. The number of fused-ring (bicyclic) bond motifs is 1. The molecule has 0 aliphatic carbocycles. The van der Waals surface area contributed by atoms with E-state index >= 15 is 0 Å². The van der Waals surface area contributed by atoms with Crippen molar-refractivity contribution in [2.45, 2.75) is 6.18 Å². The Balaban J connectivity index is 1.69. The fourth-order valence-corrected chi connectivity index (χ4v) is 3.32. The Hall–Kier alpha value is -3.86. The zero-order valence-corrected chi connectivity index (χ0v) is 17.9. The Labute approximate surface area is 190 Å². The number of imidazole rings is 1. The zero-order valence-electron chi connectivity index (χ0n) is 17.1. The molecule has 0 aliphatic rings. The second-order valence-corrected chi connectivity index (χ2v) is 7.12. The first-order chi connectivity index (χ1) is 15.7. The van der Waals surface area contributed by atoms with E-state index in [1.54, 1.807) is 6.07 Å². The quantitative estimate of drug-likeness (QED) is 0.446. The number of benzene rings is 2. The van der Waals surface area contributed by atoms with Gasteiger partial charge in [0, 0.05) is 11.1 Å². The Morgan fingerprint density at radius 3 is 2.48 bits per heavy atom. The van der Waals surface area contributed by atoms with Crippen molar-refractivity contribution < 1.29 is 27.4 Å². The summed E-state index contributed by atoms with van der Waals surface area (Å²) >= 11 is 5.95. The number of aromatic nitrogens is 4. The monoisotopic (exact) mass is 477 g/mol. The number of rotatable bonds is 5. The van der Waals surface area contributed by atoms with Gasteiger partial charge in [-0.15, -0.1) is 0 Å². The second kappa shape index (κ2) is 8.58. The van der Waals surface area contributed by atoms with E-state index in [9.17, 15) is 18.0 Å². The minimum Gasteiger partial charge on any atom is -0.497 e. The molecule has 12 heteroatoms. The number of amides is 1. The molecule has 0 saturated heterocycles. The van der Waals surface area contributed by atoms with Crippen molar-refractivity contribution in [3.63, 3.8) is 0 Å². The number of halogens is 4. The lowest BCUT2D eigenvalue weighted by Gasteiger charge is -2.12. The van der Waals surface area contributed by atoms with E-state index in [0.29, 0.717) is 10.8 Å². The van der Waals surface area contributed by atoms with E-state index in [0.717, 1.165) is 17.0 Å². The topological polar surface area (TPSA) is 91.2 Å². The van der Waals surface area contributed by atoms with Crippen LogP contribution in [0.25, 0.3) is 16.9 Å². The summed E-state index contributed by atoms with van der Waals surface area (Å²) in [6.07, 6.45) is -2.50. The molecule has 0 saturated carbocycles. The number of nitrogens with one attached hydrogen (secondary N) is 1. The Kier molecular flexibility index (Phi) is 5.81. The van der Waals surface area contributed by atoms with Crippen LogP contribution in [0.3, 0.4) is 0 Å². The largest absolute Gasteiger partial charge is 0.497 e.